The molecule has 0 bridgehead atoms. The fourth-order valence-electron chi connectivity index (χ4n) is 1.39. The highest BCUT2D eigenvalue weighted by Crippen LogP contribution is 2.16. The van der Waals surface area contributed by atoms with E-state index >= 15 is 0 Å². The summed E-state index contributed by atoms with van der Waals surface area (Å²) in [7, 11) is 0. The van der Waals surface area contributed by atoms with E-state index in [-0.39, 0.29) is 0 Å². The van der Waals surface area contributed by atoms with Gasteiger partial charge in [0.1, 0.15) is 0 Å². The van der Waals surface area contributed by atoms with Crippen molar-refractivity contribution in [1.29, 1.82) is 0 Å². The molecule has 1 aromatic carbocycles. The summed E-state index contributed by atoms with van der Waals surface area (Å²) in [6.45, 7) is 3.10. The minimum atomic E-state index is -3.76. The maximum Gasteiger partial charge on any atom is 0.503 e. The Hall–Kier alpha value is -0.890. The molecule has 1 aliphatic rings. The molecule has 0 spiro atoms. The first kappa shape index (κ1) is 14.2. The number of benzene rings is 1. The van der Waals surface area contributed by atoms with Crippen LogP contribution in [-0.4, -0.2) is 9.98 Å². The second-order valence-electron chi connectivity index (χ2n) is 3.45. The minimum absolute atomic E-state index is 0.979. The average Bonchev–Trinajstić information content (AvgIpc) is 2.30. The quantitative estimate of drug-likeness (QED) is 0.551. The summed E-state index contributed by atoms with van der Waals surface area (Å²) in [6.07, 6.45) is 6.49. The number of hydrogen-bond acceptors (Lipinski definition) is 4. The van der Waals surface area contributed by atoms with Gasteiger partial charge in [0.15, 0.2) is 0 Å². The lowest BCUT2D eigenvalue weighted by molar-refractivity contribution is -1.63. The van der Waals surface area contributed by atoms with Crippen molar-refractivity contribution < 1.29 is 31.4 Å². The standard InChI is InChI=1S/C12H13N.HIO3/c1-11-7-9-13(10-8-11)12-5-3-2-4-6-12;2-1(3)4/h2-9H,10H2,1H3;2H. The molecule has 2 rings (SSSR count). The van der Waals surface area contributed by atoms with Crippen LogP contribution < -0.4 is 32.8 Å². The smallest absolute Gasteiger partial charge is 0.396 e. The van der Waals surface area contributed by atoms with Gasteiger partial charge in [-0.15, -0.1) is 0 Å². The Morgan fingerprint density at radius 1 is 1.24 bits per heavy atom. The zero-order valence-electron chi connectivity index (χ0n) is 9.41. The van der Waals surface area contributed by atoms with Gasteiger partial charge in [-0.2, -0.15) is 0 Å². The molecular formula is C12H14INO3. The fraction of sp³-hybridized carbons (Fsp3) is 0.167. The molecule has 4 nitrogen and oxygen atoms in total. The van der Waals surface area contributed by atoms with Gasteiger partial charge in [-0.05, 0) is 28.6 Å². The van der Waals surface area contributed by atoms with Crippen molar-refractivity contribution in [3.05, 3.63) is 54.3 Å². The lowest BCUT2D eigenvalue weighted by atomic mass is 10.2. The average molecular weight is 347 g/mol. The number of nitrogens with zero attached hydrogens (tertiary/aromatic N) is 1. The summed E-state index contributed by atoms with van der Waals surface area (Å²) in [4.78, 5) is 2.23. The van der Waals surface area contributed by atoms with Crippen LogP contribution in [0.3, 0.4) is 0 Å². The molecule has 0 atom stereocenters. The molecule has 0 unspecified atom stereocenters. The fourth-order valence-corrected chi connectivity index (χ4v) is 1.39. The molecule has 0 amide bonds. The van der Waals surface area contributed by atoms with E-state index in [1.807, 2.05) is 6.07 Å². The monoisotopic (exact) mass is 347 g/mol. The Morgan fingerprint density at radius 3 is 2.29 bits per heavy atom. The lowest BCUT2D eigenvalue weighted by Crippen LogP contribution is -3.98. The Labute approximate surface area is 110 Å². The molecular weight excluding hydrogens is 333 g/mol. The molecule has 0 radical (unpaired) electrons. The van der Waals surface area contributed by atoms with Crippen LogP contribution in [-0.2, 0) is 0 Å². The summed E-state index contributed by atoms with van der Waals surface area (Å²) in [5.41, 5.74) is 2.59. The van der Waals surface area contributed by atoms with Gasteiger partial charge < -0.3 is 11.8 Å². The molecule has 0 aliphatic carbocycles. The first-order chi connectivity index (χ1) is 8.09. The maximum atomic E-state index is 8.68. The first-order valence-electron chi connectivity index (χ1n) is 5.01. The molecule has 1 aliphatic heterocycles. The van der Waals surface area contributed by atoms with E-state index in [1.165, 1.54) is 11.3 Å². The molecule has 0 saturated carbocycles. The van der Waals surface area contributed by atoms with Crippen molar-refractivity contribution in [3.8, 4) is 0 Å². The van der Waals surface area contributed by atoms with E-state index in [4.69, 9.17) is 10.3 Å². The summed E-state index contributed by atoms with van der Waals surface area (Å²) in [5.74, 6) is 0. The Balaban J connectivity index is 0.000000317. The second kappa shape index (κ2) is 7.44. The zero-order valence-corrected chi connectivity index (χ0v) is 11.6. The summed E-state index contributed by atoms with van der Waals surface area (Å²) >= 11 is -3.76. The predicted octanol–water partition coefficient (Wildman–Crippen LogP) is -2.96. The zero-order chi connectivity index (χ0) is 12.7. The van der Waals surface area contributed by atoms with Crippen molar-refractivity contribution in [1.82, 2.24) is 0 Å². The number of hydrogen-bond donors (Lipinski definition) is 1. The van der Waals surface area contributed by atoms with Crippen molar-refractivity contribution in [2.75, 3.05) is 11.4 Å². The van der Waals surface area contributed by atoms with E-state index in [1.54, 1.807) is 0 Å². The van der Waals surface area contributed by atoms with Crippen molar-refractivity contribution >= 4 is 5.69 Å². The maximum absolute atomic E-state index is 8.68. The molecule has 0 saturated heterocycles. The van der Waals surface area contributed by atoms with Gasteiger partial charge in [0, 0.05) is 18.4 Å². The highest BCUT2D eigenvalue weighted by molar-refractivity contribution is 5.51. The number of allylic oxidation sites excluding steroid dienone is 2. The van der Waals surface area contributed by atoms with Gasteiger partial charge in [-0.1, -0.05) is 29.8 Å². The Kier molecular flexibility index (Phi) is 6.20. The van der Waals surface area contributed by atoms with Crippen molar-refractivity contribution in [3.63, 3.8) is 0 Å². The summed E-state index contributed by atoms with van der Waals surface area (Å²) < 4.78 is 24.5. The third kappa shape index (κ3) is 5.83. The highest BCUT2D eigenvalue weighted by atomic mass is 127. The van der Waals surface area contributed by atoms with Crippen LogP contribution in [0.1, 0.15) is 6.92 Å². The van der Waals surface area contributed by atoms with Gasteiger partial charge in [0.2, 0.25) is 0 Å². The number of halogens is 1. The van der Waals surface area contributed by atoms with Gasteiger partial charge in [0.25, 0.3) is 0 Å². The third-order valence-electron chi connectivity index (χ3n) is 2.22. The highest BCUT2D eigenvalue weighted by Gasteiger charge is 2.02. The normalized spacial score (nSPS) is 14.2. The van der Waals surface area contributed by atoms with E-state index in [2.05, 4.69) is 54.4 Å². The Bertz CT molecular complexity index is 387. The van der Waals surface area contributed by atoms with Crippen LogP contribution in [0, 0.1) is 0 Å². The van der Waals surface area contributed by atoms with E-state index in [0.717, 1.165) is 6.54 Å². The van der Waals surface area contributed by atoms with Gasteiger partial charge >= 0.3 is 21.1 Å². The number of anilines is 1. The SMILES string of the molecule is CC1=CCN(c2ccccc2)C=C1.[O-][I+2]([O-])O. The molecule has 1 aromatic rings. The van der Waals surface area contributed by atoms with Crippen LogP contribution in [0.2, 0.25) is 0 Å². The third-order valence-corrected chi connectivity index (χ3v) is 2.22. The molecule has 1 heterocycles. The van der Waals surface area contributed by atoms with Crippen LogP contribution in [0.4, 0.5) is 5.69 Å². The molecule has 5 heteroatoms. The predicted molar refractivity (Wildman–Crippen MR) is 58.9 cm³/mol. The van der Waals surface area contributed by atoms with Crippen LogP contribution in [0.5, 0.6) is 0 Å². The van der Waals surface area contributed by atoms with Crippen LogP contribution in [0.25, 0.3) is 0 Å². The molecule has 17 heavy (non-hydrogen) atoms. The van der Waals surface area contributed by atoms with Gasteiger partial charge in [0.05, 0.1) is 0 Å². The topological polar surface area (TPSA) is 69.6 Å². The van der Waals surface area contributed by atoms with E-state index in [0.29, 0.717) is 0 Å². The van der Waals surface area contributed by atoms with Crippen molar-refractivity contribution in [2.45, 2.75) is 6.92 Å². The molecule has 92 valence electrons. The van der Waals surface area contributed by atoms with Gasteiger partial charge in [-0.3, -0.25) is 0 Å². The second-order valence-corrected chi connectivity index (χ2v) is 4.60. The first-order valence-corrected chi connectivity index (χ1v) is 7.73. The van der Waals surface area contributed by atoms with Crippen molar-refractivity contribution in [2.24, 2.45) is 0 Å². The minimum Gasteiger partial charge on any atom is -0.396 e. The molecule has 0 aromatic heterocycles. The van der Waals surface area contributed by atoms with E-state index in [9.17, 15) is 0 Å². The lowest BCUT2D eigenvalue weighted by Gasteiger charge is -2.21. The van der Waals surface area contributed by atoms with Crippen LogP contribution >= 0.6 is 0 Å². The number of rotatable bonds is 1. The summed E-state index contributed by atoms with van der Waals surface area (Å²) in [6, 6.07) is 10.4. The summed E-state index contributed by atoms with van der Waals surface area (Å²) in [5, 5.41) is 0. The van der Waals surface area contributed by atoms with E-state index < -0.39 is 21.1 Å². The Morgan fingerprint density at radius 2 is 1.82 bits per heavy atom. The van der Waals surface area contributed by atoms with Gasteiger partial charge in [-0.25, -0.2) is 0 Å². The van der Waals surface area contributed by atoms with Crippen LogP contribution in [0.15, 0.2) is 54.3 Å². The largest absolute Gasteiger partial charge is 0.503 e. The molecule has 1 N–H and O–H groups in total. The molecule has 0 fully saturated rings. The number of para-hydroxylation sites is 1.